The molecule has 0 bridgehead atoms. The predicted molar refractivity (Wildman–Crippen MR) is 124 cm³/mol. The number of carbonyl (C=O) groups is 2. The number of benzene rings is 2. The summed E-state index contributed by atoms with van der Waals surface area (Å²) in [6, 6.07) is 15.8. The van der Waals surface area contributed by atoms with Gasteiger partial charge in [0.1, 0.15) is 6.54 Å². The Hall–Kier alpha value is -3.33. The van der Waals surface area contributed by atoms with E-state index in [-0.39, 0.29) is 19.7 Å². The molecule has 0 fully saturated rings. The first-order chi connectivity index (χ1) is 15.5. The molecule has 32 heavy (non-hydrogen) atoms. The molecule has 0 aliphatic carbocycles. The summed E-state index contributed by atoms with van der Waals surface area (Å²) in [5.41, 5.74) is 4.51. The monoisotopic (exact) mass is 453 g/mol. The van der Waals surface area contributed by atoms with Crippen LogP contribution in [-0.2, 0) is 21.8 Å². The maximum atomic E-state index is 12.1. The van der Waals surface area contributed by atoms with Crippen molar-refractivity contribution in [2.45, 2.75) is 38.2 Å². The largest absolute Gasteiger partial charge is 0.465 e. The van der Waals surface area contributed by atoms with Crippen LogP contribution in [-0.4, -0.2) is 39.9 Å². The second kappa shape index (κ2) is 11.3. The smallest absolute Gasteiger partial charge is 0.325 e. The standard InChI is InChI=1S/C23H27N5O3S/c1-4-31-21(29)14-25-22(30)24-13-20-26-27-23(28(20)19-11-9-16(2)10-12-19)32-15-18-8-6-5-7-17(18)3/h5-12H,4,13-15H2,1-3H3,(H2,24,25,30). The normalized spacial score (nSPS) is 10.6. The minimum Gasteiger partial charge on any atom is -0.465 e. The van der Waals surface area contributed by atoms with Gasteiger partial charge in [0.05, 0.1) is 13.2 Å². The van der Waals surface area contributed by atoms with Gasteiger partial charge >= 0.3 is 12.0 Å². The van der Waals surface area contributed by atoms with Crippen molar-refractivity contribution in [2.75, 3.05) is 13.2 Å². The van der Waals surface area contributed by atoms with Crippen molar-refractivity contribution in [3.05, 3.63) is 71.0 Å². The molecule has 168 valence electrons. The zero-order chi connectivity index (χ0) is 22.9. The number of nitrogens with zero attached hydrogens (tertiary/aromatic N) is 3. The van der Waals surface area contributed by atoms with E-state index in [4.69, 9.17) is 4.74 Å². The van der Waals surface area contributed by atoms with E-state index in [1.807, 2.05) is 47.9 Å². The highest BCUT2D eigenvalue weighted by atomic mass is 32.2. The Labute approximate surface area is 191 Å². The van der Waals surface area contributed by atoms with Gasteiger partial charge in [-0.25, -0.2) is 4.79 Å². The molecule has 2 aromatic carbocycles. The van der Waals surface area contributed by atoms with Gasteiger partial charge in [-0.1, -0.05) is 53.7 Å². The highest BCUT2D eigenvalue weighted by molar-refractivity contribution is 7.98. The van der Waals surface area contributed by atoms with Crippen LogP contribution in [0.25, 0.3) is 5.69 Å². The van der Waals surface area contributed by atoms with Gasteiger partial charge in [-0.15, -0.1) is 10.2 Å². The van der Waals surface area contributed by atoms with E-state index in [2.05, 4.69) is 39.9 Å². The van der Waals surface area contributed by atoms with Crippen molar-refractivity contribution >= 4 is 23.8 Å². The van der Waals surface area contributed by atoms with E-state index in [1.54, 1.807) is 18.7 Å². The summed E-state index contributed by atoms with van der Waals surface area (Å²) in [5.74, 6) is 0.859. The lowest BCUT2D eigenvalue weighted by atomic mass is 10.1. The van der Waals surface area contributed by atoms with Crippen LogP contribution in [0, 0.1) is 13.8 Å². The van der Waals surface area contributed by atoms with Crippen molar-refractivity contribution in [3.8, 4) is 5.69 Å². The fourth-order valence-corrected chi connectivity index (χ4v) is 4.01. The Kier molecular flexibility index (Phi) is 8.27. The van der Waals surface area contributed by atoms with Crippen LogP contribution in [0.2, 0.25) is 0 Å². The zero-order valence-corrected chi connectivity index (χ0v) is 19.2. The van der Waals surface area contributed by atoms with E-state index in [0.29, 0.717) is 5.82 Å². The summed E-state index contributed by atoms with van der Waals surface area (Å²) < 4.78 is 6.74. The van der Waals surface area contributed by atoms with Gasteiger partial charge in [-0.3, -0.25) is 9.36 Å². The van der Waals surface area contributed by atoms with E-state index >= 15 is 0 Å². The van der Waals surface area contributed by atoms with Crippen LogP contribution in [0.3, 0.4) is 0 Å². The Bertz CT molecular complexity index is 1070. The molecule has 0 atom stereocenters. The lowest BCUT2D eigenvalue weighted by Crippen LogP contribution is -2.39. The summed E-state index contributed by atoms with van der Waals surface area (Å²) >= 11 is 1.59. The van der Waals surface area contributed by atoms with E-state index in [1.165, 1.54) is 11.1 Å². The number of ether oxygens (including phenoxy) is 1. The third-order valence-corrected chi connectivity index (χ3v) is 5.69. The molecule has 0 saturated heterocycles. The molecule has 0 radical (unpaired) electrons. The number of hydrogen-bond donors (Lipinski definition) is 2. The van der Waals surface area contributed by atoms with Gasteiger partial charge < -0.3 is 15.4 Å². The highest BCUT2D eigenvalue weighted by Crippen LogP contribution is 2.26. The molecule has 0 aliphatic heterocycles. The SMILES string of the molecule is CCOC(=O)CNC(=O)NCc1nnc(SCc2ccccc2C)n1-c1ccc(C)cc1. The molecule has 0 unspecified atom stereocenters. The van der Waals surface area contributed by atoms with Crippen molar-refractivity contribution in [1.29, 1.82) is 0 Å². The van der Waals surface area contributed by atoms with Gasteiger partial charge in [-0.2, -0.15) is 0 Å². The molecule has 2 N–H and O–H groups in total. The molecular formula is C23H27N5O3S. The molecular weight excluding hydrogens is 426 g/mol. The molecule has 0 saturated carbocycles. The molecule has 1 heterocycles. The molecule has 0 spiro atoms. The number of esters is 1. The van der Waals surface area contributed by atoms with Crippen LogP contribution in [0.5, 0.6) is 0 Å². The fraction of sp³-hybridized carbons (Fsp3) is 0.304. The first-order valence-electron chi connectivity index (χ1n) is 10.3. The Morgan fingerprint density at radius 2 is 1.78 bits per heavy atom. The fourth-order valence-electron chi connectivity index (χ4n) is 2.96. The third-order valence-electron chi connectivity index (χ3n) is 4.72. The van der Waals surface area contributed by atoms with Crippen LogP contribution >= 0.6 is 11.8 Å². The summed E-state index contributed by atoms with van der Waals surface area (Å²) in [6.07, 6.45) is 0. The first kappa shape index (κ1) is 23.3. The van der Waals surface area contributed by atoms with Crippen molar-refractivity contribution < 1.29 is 14.3 Å². The number of nitrogens with one attached hydrogen (secondary N) is 2. The van der Waals surface area contributed by atoms with Crippen LogP contribution < -0.4 is 10.6 Å². The molecule has 3 rings (SSSR count). The maximum absolute atomic E-state index is 12.1. The van der Waals surface area contributed by atoms with Crippen molar-refractivity contribution in [1.82, 2.24) is 25.4 Å². The Balaban J connectivity index is 1.74. The van der Waals surface area contributed by atoms with Crippen LogP contribution in [0.1, 0.15) is 29.4 Å². The van der Waals surface area contributed by atoms with Crippen molar-refractivity contribution in [3.63, 3.8) is 0 Å². The number of hydrogen-bond acceptors (Lipinski definition) is 6. The molecule has 1 aromatic heterocycles. The second-order valence-corrected chi connectivity index (χ2v) is 8.07. The van der Waals surface area contributed by atoms with Gasteiger partial charge in [0.25, 0.3) is 0 Å². The highest BCUT2D eigenvalue weighted by Gasteiger charge is 2.16. The van der Waals surface area contributed by atoms with E-state index < -0.39 is 12.0 Å². The summed E-state index contributed by atoms with van der Waals surface area (Å²) in [6.45, 7) is 6.06. The van der Waals surface area contributed by atoms with Crippen LogP contribution in [0.15, 0.2) is 53.7 Å². The topological polar surface area (TPSA) is 98.1 Å². The van der Waals surface area contributed by atoms with Gasteiger partial charge in [0, 0.05) is 11.4 Å². The van der Waals surface area contributed by atoms with Gasteiger partial charge in [-0.05, 0) is 44.0 Å². The number of aryl methyl sites for hydroxylation is 2. The molecule has 2 amide bonds. The lowest BCUT2D eigenvalue weighted by Gasteiger charge is -2.12. The zero-order valence-electron chi connectivity index (χ0n) is 18.4. The number of rotatable bonds is 9. The average Bonchev–Trinajstić information content (AvgIpc) is 3.19. The molecule has 3 aromatic rings. The summed E-state index contributed by atoms with van der Waals surface area (Å²) in [5, 5.41) is 14.6. The second-order valence-electron chi connectivity index (χ2n) is 7.13. The minimum atomic E-state index is -0.486. The lowest BCUT2D eigenvalue weighted by molar-refractivity contribution is -0.141. The Morgan fingerprint density at radius 3 is 2.50 bits per heavy atom. The Morgan fingerprint density at radius 1 is 1.03 bits per heavy atom. The first-order valence-corrected chi connectivity index (χ1v) is 11.3. The number of carbonyl (C=O) groups excluding carboxylic acids is 2. The number of aromatic nitrogens is 3. The molecule has 0 aliphatic rings. The summed E-state index contributed by atoms with van der Waals surface area (Å²) in [4.78, 5) is 23.5. The van der Waals surface area contributed by atoms with Crippen molar-refractivity contribution in [2.24, 2.45) is 0 Å². The van der Waals surface area contributed by atoms with Crippen LogP contribution in [0.4, 0.5) is 4.79 Å². The number of thioether (sulfide) groups is 1. The maximum Gasteiger partial charge on any atom is 0.325 e. The molecule has 8 nitrogen and oxygen atoms in total. The average molecular weight is 454 g/mol. The quantitative estimate of drug-likeness (QED) is 0.380. The number of urea groups is 1. The minimum absolute atomic E-state index is 0.153. The molecule has 9 heteroatoms. The summed E-state index contributed by atoms with van der Waals surface area (Å²) in [7, 11) is 0. The van der Waals surface area contributed by atoms with E-state index in [9.17, 15) is 9.59 Å². The van der Waals surface area contributed by atoms with Gasteiger partial charge in [0.2, 0.25) is 0 Å². The predicted octanol–water partition coefficient (Wildman–Crippen LogP) is 3.54. The van der Waals surface area contributed by atoms with E-state index in [0.717, 1.165) is 22.2 Å². The van der Waals surface area contributed by atoms with Gasteiger partial charge in [0.15, 0.2) is 11.0 Å². The third kappa shape index (κ3) is 6.34. The number of amides is 2.